The number of nitrogens with one attached hydrogen (secondary N) is 4. The molecule has 3 unspecified atom stereocenters. The van der Waals surface area contributed by atoms with Crippen LogP contribution in [0.5, 0.6) is 0 Å². The molecule has 0 spiro atoms. The van der Waals surface area contributed by atoms with E-state index in [1.54, 1.807) is 37.9 Å². The second-order valence-electron chi connectivity index (χ2n) is 8.38. The Morgan fingerprint density at radius 3 is 2.53 bits per heavy atom. The van der Waals surface area contributed by atoms with Gasteiger partial charge in [0.15, 0.2) is 0 Å². The molecule has 4 rings (SSSR count). The largest absolute Gasteiger partial charge is 0.462 e. The molecule has 11 nitrogen and oxygen atoms in total. The Labute approximate surface area is 226 Å². The van der Waals surface area contributed by atoms with E-state index in [1.165, 1.54) is 12.1 Å². The molecule has 3 atom stereocenters. The van der Waals surface area contributed by atoms with Crippen molar-refractivity contribution in [3.8, 4) is 0 Å². The van der Waals surface area contributed by atoms with Gasteiger partial charge in [0.1, 0.15) is 27.4 Å². The highest BCUT2D eigenvalue weighted by Gasteiger charge is 2.44. The van der Waals surface area contributed by atoms with Crippen LogP contribution in [0.2, 0.25) is 0 Å². The number of rotatable bonds is 9. The van der Waals surface area contributed by atoms with Crippen molar-refractivity contribution >= 4 is 57.5 Å². The Morgan fingerprint density at radius 1 is 1.16 bits per heavy atom. The SMILES string of the molecule is CCOC(=O)c1sc(NC(=O)CSC2NC(=O)C3CNN(c4ccc(F)cc4)C3N2)c(C(=O)OCC)c1C. The van der Waals surface area contributed by atoms with Crippen LogP contribution in [-0.2, 0) is 19.1 Å². The zero-order valence-corrected chi connectivity index (χ0v) is 22.6. The van der Waals surface area contributed by atoms with E-state index >= 15 is 0 Å². The minimum Gasteiger partial charge on any atom is -0.462 e. The molecule has 38 heavy (non-hydrogen) atoms. The summed E-state index contributed by atoms with van der Waals surface area (Å²) in [5.74, 6) is -2.66. The molecule has 1 aromatic carbocycles. The highest BCUT2D eigenvalue weighted by Crippen LogP contribution is 2.35. The third kappa shape index (κ3) is 5.93. The number of ether oxygens (including phenoxy) is 2. The quantitative estimate of drug-likeness (QED) is 0.335. The van der Waals surface area contributed by atoms with Gasteiger partial charge in [-0.3, -0.25) is 19.9 Å². The number of halogens is 1. The van der Waals surface area contributed by atoms with Gasteiger partial charge in [0.2, 0.25) is 11.8 Å². The number of amides is 2. The maximum absolute atomic E-state index is 13.4. The van der Waals surface area contributed by atoms with Crippen molar-refractivity contribution in [1.82, 2.24) is 16.1 Å². The summed E-state index contributed by atoms with van der Waals surface area (Å²) in [5, 5.41) is 10.8. The Morgan fingerprint density at radius 2 is 1.84 bits per heavy atom. The number of fused-ring (bicyclic) bond motifs is 1. The fourth-order valence-corrected chi connectivity index (χ4v) is 6.08. The molecule has 2 fully saturated rings. The summed E-state index contributed by atoms with van der Waals surface area (Å²) in [4.78, 5) is 50.7. The van der Waals surface area contributed by atoms with E-state index in [0.717, 1.165) is 23.1 Å². The van der Waals surface area contributed by atoms with Gasteiger partial charge in [-0.05, 0) is 50.6 Å². The van der Waals surface area contributed by atoms with Gasteiger partial charge in [0, 0.05) is 6.54 Å². The fraction of sp³-hybridized carbons (Fsp3) is 0.417. The van der Waals surface area contributed by atoms with Crippen molar-refractivity contribution in [2.75, 3.05) is 35.8 Å². The van der Waals surface area contributed by atoms with Gasteiger partial charge in [-0.25, -0.2) is 19.4 Å². The lowest BCUT2D eigenvalue weighted by Gasteiger charge is -2.37. The number of benzene rings is 1. The van der Waals surface area contributed by atoms with Gasteiger partial charge in [-0.15, -0.1) is 23.1 Å². The standard InChI is InChI=1S/C24H28FN5O6S2/c1-4-35-22(33)17-12(3)18(23(34)36-5-2)38-21(17)27-16(31)11-37-24-28-19-15(20(32)29-24)10-26-30(19)14-8-6-13(25)7-9-14/h6-9,15,19,24,26,28H,4-5,10-11H2,1-3H3,(H,27,31)(H,29,32). The van der Waals surface area contributed by atoms with E-state index < -0.39 is 29.5 Å². The van der Waals surface area contributed by atoms with Crippen molar-refractivity contribution in [2.45, 2.75) is 32.4 Å². The summed E-state index contributed by atoms with van der Waals surface area (Å²) >= 11 is 2.10. The molecule has 204 valence electrons. The molecule has 3 heterocycles. The molecule has 0 bridgehead atoms. The predicted octanol–water partition coefficient (Wildman–Crippen LogP) is 2.19. The molecule has 4 N–H and O–H groups in total. The van der Waals surface area contributed by atoms with Gasteiger partial charge in [-0.1, -0.05) is 0 Å². The van der Waals surface area contributed by atoms with Gasteiger partial charge < -0.3 is 20.1 Å². The minimum atomic E-state index is -0.651. The van der Waals surface area contributed by atoms with Gasteiger partial charge in [0.05, 0.1) is 36.1 Å². The first-order valence-electron chi connectivity index (χ1n) is 12.0. The Balaban J connectivity index is 1.42. The van der Waals surface area contributed by atoms with E-state index in [0.29, 0.717) is 17.8 Å². The summed E-state index contributed by atoms with van der Waals surface area (Å²) < 4.78 is 23.5. The number of hydrogen-bond acceptors (Lipinski definition) is 11. The lowest BCUT2D eigenvalue weighted by molar-refractivity contribution is -0.127. The Hall–Kier alpha value is -3.20. The van der Waals surface area contributed by atoms with Crippen LogP contribution in [0.1, 0.15) is 39.4 Å². The first-order valence-corrected chi connectivity index (χ1v) is 13.8. The molecule has 1 aromatic heterocycles. The van der Waals surface area contributed by atoms with Crippen molar-refractivity contribution < 1.29 is 33.0 Å². The molecule has 2 aliphatic rings. The third-order valence-corrected chi connectivity index (χ3v) is 8.10. The van der Waals surface area contributed by atoms with Crippen molar-refractivity contribution in [3.05, 3.63) is 46.1 Å². The number of carbonyl (C=O) groups is 4. The lowest BCUT2D eigenvalue weighted by atomic mass is 10.1. The summed E-state index contributed by atoms with van der Waals surface area (Å²) in [6.07, 6.45) is -0.405. The first kappa shape index (κ1) is 27.8. The van der Waals surface area contributed by atoms with Crippen molar-refractivity contribution in [1.29, 1.82) is 0 Å². The van der Waals surface area contributed by atoms with Gasteiger partial charge >= 0.3 is 11.9 Å². The average molecular weight is 566 g/mol. The van der Waals surface area contributed by atoms with E-state index in [2.05, 4.69) is 21.4 Å². The minimum absolute atomic E-state index is 0.0622. The number of thiophene rings is 1. The van der Waals surface area contributed by atoms with Crippen LogP contribution in [0.25, 0.3) is 0 Å². The number of thioether (sulfide) groups is 1. The third-order valence-electron chi connectivity index (χ3n) is 5.90. The molecule has 0 aliphatic carbocycles. The molecule has 0 radical (unpaired) electrons. The number of hydrogen-bond donors (Lipinski definition) is 4. The smallest absolute Gasteiger partial charge is 0.348 e. The van der Waals surface area contributed by atoms with Crippen LogP contribution >= 0.6 is 23.1 Å². The van der Waals surface area contributed by atoms with Gasteiger partial charge in [-0.2, -0.15) is 0 Å². The van der Waals surface area contributed by atoms with E-state index in [4.69, 9.17) is 9.47 Å². The number of hydrazine groups is 1. The molecule has 2 aromatic rings. The summed E-state index contributed by atoms with van der Waals surface area (Å²) in [7, 11) is 0. The van der Waals surface area contributed by atoms with Crippen LogP contribution in [0.15, 0.2) is 24.3 Å². The molecule has 2 amide bonds. The van der Waals surface area contributed by atoms with Crippen LogP contribution < -0.4 is 26.4 Å². The zero-order valence-electron chi connectivity index (χ0n) is 21.0. The summed E-state index contributed by atoms with van der Waals surface area (Å²) in [6.45, 7) is 5.63. The van der Waals surface area contributed by atoms with Crippen LogP contribution in [0, 0.1) is 18.7 Å². The first-order chi connectivity index (χ1) is 18.2. The highest BCUT2D eigenvalue weighted by atomic mass is 32.2. The second kappa shape index (κ2) is 12.1. The normalized spacial score (nSPS) is 20.5. The number of nitrogens with zero attached hydrogens (tertiary/aromatic N) is 1. The average Bonchev–Trinajstić information content (AvgIpc) is 3.45. The van der Waals surface area contributed by atoms with E-state index in [1.807, 2.05) is 0 Å². The number of esters is 2. The monoisotopic (exact) mass is 565 g/mol. The Bertz CT molecular complexity index is 1220. The molecular formula is C24H28FN5O6S2. The summed E-state index contributed by atoms with van der Waals surface area (Å²) in [5.41, 5.74) is 3.75. The number of anilines is 2. The van der Waals surface area contributed by atoms with E-state index in [9.17, 15) is 23.6 Å². The van der Waals surface area contributed by atoms with Crippen LogP contribution in [0.3, 0.4) is 0 Å². The van der Waals surface area contributed by atoms with Crippen molar-refractivity contribution in [3.63, 3.8) is 0 Å². The maximum Gasteiger partial charge on any atom is 0.348 e. The molecule has 2 aliphatic heterocycles. The maximum atomic E-state index is 13.4. The Kier molecular flexibility index (Phi) is 8.87. The van der Waals surface area contributed by atoms with Crippen LogP contribution in [0.4, 0.5) is 15.1 Å². The van der Waals surface area contributed by atoms with Crippen LogP contribution in [-0.4, -0.2) is 60.9 Å². The van der Waals surface area contributed by atoms with Crippen molar-refractivity contribution in [2.24, 2.45) is 5.92 Å². The molecular weight excluding hydrogens is 537 g/mol. The second-order valence-corrected chi connectivity index (χ2v) is 10.5. The fourth-order valence-electron chi connectivity index (χ4n) is 4.15. The number of carbonyl (C=O) groups excluding carboxylic acids is 4. The zero-order chi connectivity index (χ0) is 27.4. The predicted molar refractivity (Wildman–Crippen MR) is 141 cm³/mol. The molecule has 14 heteroatoms. The summed E-state index contributed by atoms with van der Waals surface area (Å²) in [6, 6.07) is 5.91. The molecule has 0 saturated carbocycles. The lowest BCUT2D eigenvalue weighted by Crippen LogP contribution is -2.63. The topological polar surface area (TPSA) is 138 Å². The molecule has 2 saturated heterocycles. The highest BCUT2D eigenvalue weighted by molar-refractivity contribution is 8.00. The van der Waals surface area contributed by atoms with E-state index in [-0.39, 0.29) is 52.1 Å². The van der Waals surface area contributed by atoms with Gasteiger partial charge in [0.25, 0.3) is 0 Å².